The molecule has 0 saturated carbocycles. The highest BCUT2D eigenvalue weighted by Crippen LogP contribution is 2.33. The average molecular weight is 336 g/mol. The molecule has 0 fully saturated rings. The molecule has 0 unspecified atom stereocenters. The van der Waals surface area contributed by atoms with E-state index >= 15 is 0 Å². The van der Waals surface area contributed by atoms with Gasteiger partial charge in [0.1, 0.15) is 4.90 Å². The van der Waals surface area contributed by atoms with Gasteiger partial charge in [0.25, 0.3) is 0 Å². The zero-order valence-electron chi connectivity index (χ0n) is 10.9. The summed E-state index contributed by atoms with van der Waals surface area (Å²) in [6.07, 6.45) is 2.59. The van der Waals surface area contributed by atoms with Crippen LogP contribution < -0.4 is 0 Å². The topological polar surface area (TPSA) is 57.6 Å². The molecule has 0 spiro atoms. The van der Waals surface area contributed by atoms with E-state index in [1.54, 1.807) is 0 Å². The monoisotopic (exact) mass is 335 g/mol. The number of benzene rings is 1. The summed E-state index contributed by atoms with van der Waals surface area (Å²) in [5.74, 6) is 0. The SMILES string of the molecule is CC1=CCN(S(=O)(=O)c2ccc(Cl)c(CO)c2Cl)CC1. The minimum atomic E-state index is -3.68. The number of aliphatic hydroxyl groups excluding tert-OH is 1. The van der Waals surface area contributed by atoms with Crippen LogP contribution in [0.5, 0.6) is 0 Å². The normalized spacial score (nSPS) is 17.1. The first-order valence-corrected chi connectivity index (χ1v) is 8.31. The van der Waals surface area contributed by atoms with E-state index in [9.17, 15) is 13.5 Å². The maximum atomic E-state index is 12.6. The Balaban J connectivity index is 2.45. The summed E-state index contributed by atoms with van der Waals surface area (Å²) in [7, 11) is -3.68. The lowest BCUT2D eigenvalue weighted by Crippen LogP contribution is -2.34. The average Bonchev–Trinajstić information content (AvgIpc) is 2.39. The van der Waals surface area contributed by atoms with Crippen molar-refractivity contribution in [1.29, 1.82) is 0 Å². The Morgan fingerprint density at radius 3 is 2.60 bits per heavy atom. The van der Waals surface area contributed by atoms with E-state index in [-0.39, 0.29) is 20.5 Å². The Bertz CT molecular complexity index is 656. The Labute approximate surface area is 128 Å². The van der Waals surface area contributed by atoms with Gasteiger partial charge in [-0.3, -0.25) is 0 Å². The van der Waals surface area contributed by atoms with Crippen LogP contribution in [0, 0.1) is 0 Å². The molecule has 0 bridgehead atoms. The van der Waals surface area contributed by atoms with Crippen molar-refractivity contribution in [3.05, 3.63) is 39.4 Å². The van der Waals surface area contributed by atoms with E-state index in [2.05, 4.69) is 0 Å². The number of nitrogens with zero attached hydrogens (tertiary/aromatic N) is 1. The van der Waals surface area contributed by atoms with E-state index in [1.165, 1.54) is 22.0 Å². The van der Waals surface area contributed by atoms with Gasteiger partial charge < -0.3 is 5.11 Å². The molecule has 0 aromatic heterocycles. The van der Waals surface area contributed by atoms with Crippen LogP contribution in [0.1, 0.15) is 18.9 Å². The fourth-order valence-corrected chi connectivity index (χ4v) is 4.28. The van der Waals surface area contributed by atoms with Crippen molar-refractivity contribution in [2.45, 2.75) is 24.8 Å². The number of hydrogen-bond acceptors (Lipinski definition) is 3. The zero-order valence-corrected chi connectivity index (χ0v) is 13.3. The highest BCUT2D eigenvalue weighted by Gasteiger charge is 2.28. The second-order valence-electron chi connectivity index (χ2n) is 4.66. The summed E-state index contributed by atoms with van der Waals surface area (Å²) in [6.45, 7) is 2.34. The van der Waals surface area contributed by atoms with E-state index in [0.717, 1.165) is 0 Å². The molecule has 1 aromatic carbocycles. The molecule has 1 aliphatic heterocycles. The minimum Gasteiger partial charge on any atom is -0.392 e. The molecular formula is C13H15Cl2NO3S. The molecule has 0 saturated heterocycles. The van der Waals surface area contributed by atoms with Crippen molar-refractivity contribution < 1.29 is 13.5 Å². The highest BCUT2D eigenvalue weighted by atomic mass is 35.5. The van der Waals surface area contributed by atoms with Gasteiger partial charge in [0.15, 0.2) is 0 Å². The molecule has 0 aliphatic carbocycles. The Hall–Kier alpha value is -0.590. The first-order chi connectivity index (χ1) is 9.37. The third-order valence-electron chi connectivity index (χ3n) is 3.33. The zero-order chi connectivity index (χ0) is 14.9. The summed E-state index contributed by atoms with van der Waals surface area (Å²) in [5, 5.41) is 9.50. The molecule has 110 valence electrons. The van der Waals surface area contributed by atoms with Crippen LogP contribution in [0.3, 0.4) is 0 Å². The van der Waals surface area contributed by atoms with Crippen molar-refractivity contribution in [2.75, 3.05) is 13.1 Å². The summed E-state index contributed by atoms with van der Waals surface area (Å²) in [6, 6.07) is 2.82. The fraction of sp³-hybridized carbons (Fsp3) is 0.385. The Kier molecular flexibility index (Phi) is 4.76. The number of aliphatic hydroxyl groups is 1. The predicted molar refractivity (Wildman–Crippen MR) is 79.5 cm³/mol. The standard InChI is InChI=1S/C13H15Cl2NO3S/c1-9-4-6-16(7-5-9)20(18,19)12-3-2-11(14)10(8-17)13(12)15/h2-4,17H,5-8H2,1H3. The van der Waals surface area contributed by atoms with Crippen LogP contribution in [-0.4, -0.2) is 30.9 Å². The smallest absolute Gasteiger partial charge is 0.244 e. The summed E-state index contributed by atoms with van der Waals surface area (Å²) in [5.41, 5.74) is 1.41. The van der Waals surface area contributed by atoms with Crippen LogP contribution in [0.4, 0.5) is 0 Å². The van der Waals surface area contributed by atoms with Gasteiger partial charge in [0, 0.05) is 23.7 Å². The van der Waals surface area contributed by atoms with Gasteiger partial charge in [-0.15, -0.1) is 0 Å². The maximum absolute atomic E-state index is 12.6. The van der Waals surface area contributed by atoms with Crippen LogP contribution >= 0.6 is 23.2 Å². The van der Waals surface area contributed by atoms with E-state index in [1.807, 2.05) is 13.0 Å². The molecule has 1 N–H and O–H groups in total. The molecule has 7 heteroatoms. The second-order valence-corrected chi connectivity index (χ2v) is 7.35. The van der Waals surface area contributed by atoms with Crippen LogP contribution in [0.2, 0.25) is 10.0 Å². The van der Waals surface area contributed by atoms with Crippen LogP contribution in [0.15, 0.2) is 28.7 Å². The quantitative estimate of drug-likeness (QED) is 0.864. The van der Waals surface area contributed by atoms with E-state index in [0.29, 0.717) is 19.5 Å². The molecule has 0 amide bonds. The largest absolute Gasteiger partial charge is 0.392 e. The number of sulfonamides is 1. The molecule has 20 heavy (non-hydrogen) atoms. The summed E-state index contributed by atoms with van der Waals surface area (Å²) < 4.78 is 26.5. The molecule has 0 atom stereocenters. The second kappa shape index (κ2) is 6.03. The molecule has 0 radical (unpaired) electrons. The summed E-state index contributed by atoms with van der Waals surface area (Å²) >= 11 is 12.0. The van der Waals surface area contributed by atoms with Gasteiger partial charge >= 0.3 is 0 Å². The number of rotatable bonds is 3. The van der Waals surface area contributed by atoms with Gasteiger partial charge in [0.2, 0.25) is 10.0 Å². The molecule has 1 aromatic rings. The van der Waals surface area contributed by atoms with Crippen molar-refractivity contribution in [1.82, 2.24) is 4.31 Å². The van der Waals surface area contributed by atoms with Gasteiger partial charge in [0.05, 0.1) is 11.6 Å². The first kappa shape index (κ1) is 15.8. The van der Waals surface area contributed by atoms with Gasteiger partial charge in [-0.2, -0.15) is 4.31 Å². The molecule has 1 heterocycles. The van der Waals surface area contributed by atoms with E-state index in [4.69, 9.17) is 23.2 Å². The fourth-order valence-electron chi connectivity index (χ4n) is 2.03. The van der Waals surface area contributed by atoms with Gasteiger partial charge in [-0.05, 0) is 25.5 Å². The molecular weight excluding hydrogens is 321 g/mol. The minimum absolute atomic E-state index is 0.00808. The molecule has 1 aliphatic rings. The Morgan fingerprint density at radius 1 is 1.35 bits per heavy atom. The lowest BCUT2D eigenvalue weighted by atomic mass is 10.1. The van der Waals surface area contributed by atoms with Crippen molar-refractivity contribution in [3.63, 3.8) is 0 Å². The number of halogens is 2. The van der Waals surface area contributed by atoms with Gasteiger partial charge in [-0.25, -0.2) is 8.42 Å². The third kappa shape index (κ3) is 2.87. The van der Waals surface area contributed by atoms with Crippen LogP contribution in [-0.2, 0) is 16.6 Å². The van der Waals surface area contributed by atoms with Crippen molar-refractivity contribution >= 4 is 33.2 Å². The van der Waals surface area contributed by atoms with E-state index < -0.39 is 16.6 Å². The molecule has 4 nitrogen and oxygen atoms in total. The van der Waals surface area contributed by atoms with Gasteiger partial charge in [-0.1, -0.05) is 34.9 Å². The predicted octanol–water partition coefficient (Wildman–Crippen LogP) is 2.83. The van der Waals surface area contributed by atoms with Crippen molar-refractivity contribution in [2.24, 2.45) is 0 Å². The molecule has 2 rings (SSSR count). The lowest BCUT2D eigenvalue weighted by Gasteiger charge is -2.25. The third-order valence-corrected chi connectivity index (χ3v) is 6.13. The Morgan fingerprint density at radius 2 is 2.05 bits per heavy atom. The maximum Gasteiger partial charge on any atom is 0.244 e. The lowest BCUT2D eigenvalue weighted by molar-refractivity contribution is 0.281. The highest BCUT2D eigenvalue weighted by molar-refractivity contribution is 7.89. The number of hydrogen-bond donors (Lipinski definition) is 1. The first-order valence-electron chi connectivity index (χ1n) is 6.11. The van der Waals surface area contributed by atoms with Crippen LogP contribution in [0.25, 0.3) is 0 Å². The summed E-state index contributed by atoms with van der Waals surface area (Å²) in [4.78, 5) is -0.0134. The van der Waals surface area contributed by atoms with Crippen molar-refractivity contribution in [3.8, 4) is 0 Å².